The lowest BCUT2D eigenvalue weighted by molar-refractivity contribution is -0.129. The van der Waals surface area contributed by atoms with Gasteiger partial charge in [-0.05, 0) is 42.3 Å². The van der Waals surface area contributed by atoms with Crippen molar-refractivity contribution >= 4 is 51.8 Å². The number of benzene rings is 1. The van der Waals surface area contributed by atoms with Crippen LogP contribution in [0.2, 0.25) is 10.3 Å². The van der Waals surface area contributed by atoms with Crippen molar-refractivity contribution in [3.63, 3.8) is 0 Å². The highest BCUT2D eigenvalue weighted by Gasteiger charge is 2.13. The van der Waals surface area contributed by atoms with Crippen molar-refractivity contribution in [3.05, 3.63) is 40.9 Å². The standard InChI is InChI=1S/C15H14Cl2N6O2/c16-9-3-5-10(6-4-9)19-13-12-14(21-15(17)20-13)23(8-18-12)7-1-2-11(24)22-25/h3-6,8,25H,1-2,7H2,(H,22,24)(H,19,20,21). The van der Waals surface area contributed by atoms with E-state index in [1.165, 1.54) is 0 Å². The highest BCUT2D eigenvalue weighted by Crippen LogP contribution is 2.25. The molecule has 0 bridgehead atoms. The number of hydrogen-bond donors (Lipinski definition) is 3. The van der Waals surface area contributed by atoms with Crippen LogP contribution in [0.15, 0.2) is 30.6 Å². The number of carbonyl (C=O) groups excluding carboxylic acids is 1. The highest BCUT2D eigenvalue weighted by atomic mass is 35.5. The van der Waals surface area contributed by atoms with Crippen LogP contribution in [0.25, 0.3) is 11.2 Å². The van der Waals surface area contributed by atoms with Crippen molar-refractivity contribution in [2.45, 2.75) is 19.4 Å². The Morgan fingerprint density at radius 3 is 2.68 bits per heavy atom. The van der Waals surface area contributed by atoms with Gasteiger partial charge in [0, 0.05) is 23.7 Å². The molecule has 8 nitrogen and oxygen atoms in total. The molecule has 3 N–H and O–H groups in total. The third kappa shape index (κ3) is 4.16. The predicted molar refractivity (Wildman–Crippen MR) is 94.2 cm³/mol. The summed E-state index contributed by atoms with van der Waals surface area (Å²) in [4.78, 5) is 23.8. The topological polar surface area (TPSA) is 105 Å². The predicted octanol–water partition coefficient (Wildman–Crippen LogP) is 3.16. The molecule has 0 saturated heterocycles. The minimum absolute atomic E-state index is 0.0822. The Bertz CT molecular complexity index is 897. The summed E-state index contributed by atoms with van der Waals surface area (Å²) in [7, 11) is 0. The van der Waals surface area contributed by atoms with E-state index >= 15 is 0 Å². The van der Waals surface area contributed by atoms with Crippen LogP contribution < -0.4 is 10.8 Å². The second-order valence-electron chi connectivity index (χ2n) is 5.22. The Kier molecular flexibility index (Phi) is 5.32. The van der Waals surface area contributed by atoms with Crippen molar-refractivity contribution in [1.82, 2.24) is 25.0 Å². The number of hydroxylamine groups is 1. The number of fused-ring (bicyclic) bond motifs is 1. The zero-order valence-corrected chi connectivity index (χ0v) is 14.4. The average molecular weight is 381 g/mol. The van der Waals surface area contributed by atoms with Gasteiger partial charge < -0.3 is 9.88 Å². The number of carbonyl (C=O) groups is 1. The van der Waals surface area contributed by atoms with Gasteiger partial charge in [0.25, 0.3) is 0 Å². The first-order chi connectivity index (χ1) is 12.1. The summed E-state index contributed by atoms with van der Waals surface area (Å²) >= 11 is 11.9. The Hall–Kier alpha value is -2.42. The maximum atomic E-state index is 11.1. The van der Waals surface area contributed by atoms with E-state index in [2.05, 4.69) is 20.3 Å². The second kappa shape index (κ2) is 7.64. The molecule has 0 aliphatic heterocycles. The van der Waals surface area contributed by atoms with Crippen LogP contribution in [0.4, 0.5) is 11.5 Å². The van der Waals surface area contributed by atoms with Crippen LogP contribution in [0, 0.1) is 0 Å². The van der Waals surface area contributed by atoms with Gasteiger partial charge in [-0.3, -0.25) is 10.0 Å². The molecule has 0 atom stereocenters. The number of aromatic nitrogens is 4. The lowest BCUT2D eigenvalue weighted by Gasteiger charge is -2.08. The number of rotatable bonds is 6. The van der Waals surface area contributed by atoms with Crippen molar-refractivity contribution in [2.75, 3.05) is 5.32 Å². The first-order valence-electron chi connectivity index (χ1n) is 7.40. The van der Waals surface area contributed by atoms with E-state index in [4.69, 9.17) is 28.4 Å². The molecule has 3 rings (SSSR count). The summed E-state index contributed by atoms with van der Waals surface area (Å²) < 4.78 is 1.78. The zero-order chi connectivity index (χ0) is 17.8. The van der Waals surface area contributed by atoms with E-state index in [-0.39, 0.29) is 11.7 Å². The van der Waals surface area contributed by atoms with Crippen LogP contribution in [0.3, 0.4) is 0 Å². The van der Waals surface area contributed by atoms with Gasteiger partial charge in [-0.2, -0.15) is 9.97 Å². The SMILES string of the molecule is O=C(CCCn1cnc2c(Nc3ccc(Cl)cc3)nc(Cl)nc21)NO. The smallest absolute Gasteiger partial charge is 0.243 e. The van der Waals surface area contributed by atoms with Crippen molar-refractivity contribution < 1.29 is 10.0 Å². The third-order valence-corrected chi connectivity index (χ3v) is 3.89. The molecule has 1 amide bonds. The molecule has 0 aliphatic rings. The average Bonchev–Trinajstić information content (AvgIpc) is 3.00. The largest absolute Gasteiger partial charge is 0.338 e. The Morgan fingerprint density at radius 1 is 1.20 bits per heavy atom. The Balaban J connectivity index is 1.85. The molecule has 0 fully saturated rings. The molecule has 0 unspecified atom stereocenters. The number of imidazole rings is 1. The summed E-state index contributed by atoms with van der Waals surface area (Å²) in [6.07, 6.45) is 2.31. The minimum atomic E-state index is -0.442. The molecular formula is C15H14Cl2N6O2. The van der Waals surface area contributed by atoms with Gasteiger partial charge in [-0.25, -0.2) is 10.5 Å². The van der Waals surface area contributed by atoms with E-state index in [9.17, 15) is 4.79 Å². The summed E-state index contributed by atoms with van der Waals surface area (Å²) in [5.74, 6) is 0.0337. The molecule has 0 radical (unpaired) electrons. The highest BCUT2D eigenvalue weighted by molar-refractivity contribution is 6.30. The Labute approximate surface area is 152 Å². The third-order valence-electron chi connectivity index (χ3n) is 3.47. The molecule has 2 heterocycles. The molecule has 0 aliphatic carbocycles. The first kappa shape index (κ1) is 17.4. The maximum absolute atomic E-state index is 11.1. The number of hydrogen-bond acceptors (Lipinski definition) is 6. The fourth-order valence-electron chi connectivity index (χ4n) is 2.30. The summed E-state index contributed by atoms with van der Waals surface area (Å²) in [6.45, 7) is 0.498. The van der Waals surface area contributed by atoms with Gasteiger partial charge in [0.15, 0.2) is 17.0 Å². The van der Waals surface area contributed by atoms with Gasteiger partial charge in [0.2, 0.25) is 11.2 Å². The number of nitrogens with zero attached hydrogens (tertiary/aromatic N) is 4. The van der Waals surface area contributed by atoms with Crippen molar-refractivity contribution in [3.8, 4) is 0 Å². The van der Waals surface area contributed by atoms with Gasteiger partial charge in [0.05, 0.1) is 6.33 Å². The molecule has 1 aromatic carbocycles. The first-order valence-corrected chi connectivity index (χ1v) is 8.16. The van der Waals surface area contributed by atoms with Crippen molar-refractivity contribution in [1.29, 1.82) is 0 Å². The van der Waals surface area contributed by atoms with Crippen LogP contribution in [0.1, 0.15) is 12.8 Å². The van der Waals surface area contributed by atoms with Gasteiger partial charge in [0.1, 0.15) is 0 Å². The molecule has 25 heavy (non-hydrogen) atoms. The van der Waals surface area contributed by atoms with Gasteiger partial charge in [-0.15, -0.1) is 0 Å². The second-order valence-corrected chi connectivity index (χ2v) is 6.00. The van der Waals surface area contributed by atoms with Crippen LogP contribution in [-0.4, -0.2) is 30.6 Å². The van der Waals surface area contributed by atoms with Crippen LogP contribution >= 0.6 is 23.2 Å². The summed E-state index contributed by atoms with van der Waals surface area (Å²) in [5.41, 5.74) is 3.51. The lowest BCUT2D eigenvalue weighted by atomic mass is 10.3. The van der Waals surface area contributed by atoms with E-state index in [1.54, 1.807) is 28.5 Å². The molecule has 10 heteroatoms. The molecule has 2 aromatic heterocycles. The van der Waals surface area contributed by atoms with E-state index < -0.39 is 5.91 Å². The quantitative estimate of drug-likeness (QED) is 0.344. The lowest BCUT2D eigenvalue weighted by Crippen LogP contribution is -2.18. The summed E-state index contributed by atoms with van der Waals surface area (Å²) in [5, 5.41) is 12.4. The van der Waals surface area contributed by atoms with Crippen molar-refractivity contribution in [2.24, 2.45) is 0 Å². The molecular weight excluding hydrogens is 367 g/mol. The van der Waals surface area contributed by atoms with E-state index in [1.807, 2.05) is 12.1 Å². The zero-order valence-electron chi connectivity index (χ0n) is 12.9. The molecule has 0 spiro atoms. The number of halogens is 2. The molecule has 130 valence electrons. The fraction of sp³-hybridized carbons (Fsp3) is 0.200. The van der Waals surface area contributed by atoms with Gasteiger partial charge in [-0.1, -0.05) is 11.6 Å². The number of anilines is 2. The monoisotopic (exact) mass is 380 g/mol. The normalized spacial score (nSPS) is 10.8. The molecule has 0 saturated carbocycles. The minimum Gasteiger partial charge on any atom is -0.338 e. The van der Waals surface area contributed by atoms with Crippen LogP contribution in [0.5, 0.6) is 0 Å². The number of aryl methyl sites for hydroxylation is 1. The summed E-state index contributed by atoms with van der Waals surface area (Å²) in [6, 6.07) is 7.15. The van der Waals surface area contributed by atoms with E-state index in [0.29, 0.717) is 35.0 Å². The number of amides is 1. The van der Waals surface area contributed by atoms with E-state index in [0.717, 1.165) is 5.69 Å². The molecule has 3 aromatic rings. The number of nitrogens with one attached hydrogen (secondary N) is 2. The Morgan fingerprint density at radius 2 is 1.96 bits per heavy atom. The fourth-order valence-corrected chi connectivity index (χ4v) is 2.59. The van der Waals surface area contributed by atoms with Gasteiger partial charge >= 0.3 is 0 Å². The van der Waals surface area contributed by atoms with Crippen LogP contribution in [-0.2, 0) is 11.3 Å². The maximum Gasteiger partial charge on any atom is 0.243 e.